The van der Waals surface area contributed by atoms with Crippen molar-refractivity contribution in [2.24, 2.45) is 0 Å². The number of benzene rings is 1. The van der Waals surface area contributed by atoms with Crippen LogP contribution in [0, 0.1) is 18.6 Å². The van der Waals surface area contributed by atoms with Crippen LogP contribution in [0.4, 0.5) is 8.78 Å². The number of rotatable bonds is 2. The van der Waals surface area contributed by atoms with Gasteiger partial charge in [-0.25, -0.2) is 8.78 Å². The molecule has 0 amide bonds. The number of hydrogen-bond acceptors (Lipinski definition) is 0. The van der Waals surface area contributed by atoms with Crippen LogP contribution >= 0.6 is 0 Å². The molecule has 2 heteroatoms. The zero-order valence-corrected chi connectivity index (χ0v) is 7.32. The van der Waals surface area contributed by atoms with E-state index in [1.807, 2.05) is 6.92 Å². The lowest BCUT2D eigenvalue weighted by molar-refractivity contribution is 0.564. The molecule has 12 heavy (non-hydrogen) atoms. The lowest BCUT2D eigenvalue weighted by Gasteiger charge is -2.02. The van der Waals surface area contributed by atoms with E-state index in [0.29, 0.717) is 0 Å². The Morgan fingerprint density at radius 3 is 2.08 bits per heavy atom. The summed E-state index contributed by atoms with van der Waals surface area (Å²) >= 11 is 0. The molecule has 0 bridgehead atoms. The first-order valence-electron chi connectivity index (χ1n) is 4.09. The van der Waals surface area contributed by atoms with Crippen molar-refractivity contribution in [3.8, 4) is 0 Å². The summed E-state index contributed by atoms with van der Waals surface area (Å²) in [7, 11) is 0. The fourth-order valence-corrected chi connectivity index (χ4v) is 1.13. The van der Waals surface area contributed by atoms with Crippen molar-refractivity contribution in [1.29, 1.82) is 0 Å². The molecule has 0 saturated carbocycles. The van der Waals surface area contributed by atoms with Gasteiger partial charge in [0.15, 0.2) is 0 Å². The van der Waals surface area contributed by atoms with Gasteiger partial charge < -0.3 is 0 Å². The van der Waals surface area contributed by atoms with Crippen LogP contribution < -0.4 is 0 Å². The summed E-state index contributed by atoms with van der Waals surface area (Å²) in [6, 6.07) is 2.81. The molecule has 0 aliphatic rings. The largest absolute Gasteiger partial charge is 0.207 e. The molecule has 0 nitrogen and oxygen atoms in total. The Balaban J connectivity index is 3.04. The van der Waals surface area contributed by atoms with Gasteiger partial charge in [0.2, 0.25) is 0 Å². The standard InChI is InChI=1S/C10H12F2/c1-3-4-8-5-9(11)7(2)10(12)6-8/h5-6H,3-4H2,1-2H3. The minimum atomic E-state index is -0.446. The van der Waals surface area contributed by atoms with Crippen molar-refractivity contribution < 1.29 is 8.78 Å². The number of aryl methyl sites for hydroxylation is 1. The summed E-state index contributed by atoms with van der Waals surface area (Å²) in [5.41, 5.74) is 0.841. The minimum absolute atomic E-state index is 0.106. The molecular formula is C10H12F2. The first-order valence-corrected chi connectivity index (χ1v) is 4.09. The summed E-state index contributed by atoms with van der Waals surface area (Å²) in [4.78, 5) is 0. The van der Waals surface area contributed by atoms with Crippen LogP contribution in [0.3, 0.4) is 0 Å². The van der Waals surface area contributed by atoms with Crippen LogP contribution in [0.1, 0.15) is 24.5 Å². The third-order valence-electron chi connectivity index (χ3n) is 1.88. The maximum Gasteiger partial charge on any atom is 0.129 e. The molecule has 0 aromatic heterocycles. The van der Waals surface area contributed by atoms with Crippen LogP contribution in [0.2, 0.25) is 0 Å². The van der Waals surface area contributed by atoms with Gasteiger partial charge in [-0.1, -0.05) is 13.3 Å². The zero-order chi connectivity index (χ0) is 9.14. The third kappa shape index (κ3) is 1.81. The molecule has 1 rings (SSSR count). The van der Waals surface area contributed by atoms with Gasteiger partial charge in [0.25, 0.3) is 0 Å². The SMILES string of the molecule is CCCc1cc(F)c(C)c(F)c1. The van der Waals surface area contributed by atoms with Gasteiger partial charge in [-0.15, -0.1) is 0 Å². The van der Waals surface area contributed by atoms with Crippen LogP contribution in [0.15, 0.2) is 12.1 Å². The molecule has 0 atom stereocenters. The van der Waals surface area contributed by atoms with Crippen molar-refractivity contribution in [2.45, 2.75) is 26.7 Å². The quantitative estimate of drug-likeness (QED) is 0.639. The molecule has 0 N–H and O–H groups in total. The predicted octanol–water partition coefficient (Wildman–Crippen LogP) is 3.23. The second-order valence-electron chi connectivity index (χ2n) is 2.93. The van der Waals surface area contributed by atoms with Crippen molar-refractivity contribution in [3.63, 3.8) is 0 Å². The third-order valence-corrected chi connectivity index (χ3v) is 1.88. The van der Waals surface area contributed by atoms with Crippen LogP contribution in [0.5, 0.6) is 0 Å². The average molecular weight is 170 g/mol. The topological polar surface area (TPSA) is 0 Å². The van der Waals surface area contributed by atoms with Gasteiger partial charge in [-0.3, -0.25) is 0 Å². The van der Waals surface area contributed by atoms with E-state index >= 15 is 0 Å². The normalized spacial score (nSPS) is 10.3. The summed E-state index contributed by atoms with van der Waals surface area (Å²) in [5.74, 6) is -0.892. The van der Waals surface area contributed by atoms with E-state index in [1.165, 1.54) is 19.1 Å². The van der Waals surface area contributed by atoms with E-state index in [9.17, 15) is 8.78 Å². The molecule has 0 aliphatic heterocycles. The molecule has 0 spiro atoms. The van der Waals surface area contributed by atoms with Crippen LogP contribution in [-0.2, 0) is 6.42 Å². The Kier molecular flexibility index (Phi) is 2.79. The number of halogens is 2. The van der Waals surface area contributed by atoms with Crippen LogP contribution in [0.25, 0.3) is 0 Å². The first kappa shape index (κ1) is 9.17. The van der Waals surface area contributed by atoms with E-state index in [2.05, 4.69) is 0 Å². The van der Waals surface area contributed by atoms with E-state index in [1.54, 1.807) is 0 Å². The van der Waals surface area contributed by atoms with E-state index in [-0.39, 0.29) is 5.56 Å². The van der Waals surface area contributed by atoms with E-state index in [4.69, 9.17) is 0 Å². The average Bonchev–Trinajstić information content (AvgIpc) is 2.01. The van der Waals surface area contributed by atoms with Gasteiger partial charge in [-0.2, -0.15) is 0 Å². The molecular weight excluding hydrogens is 158 g/mol. The highest BCUT2D eigenvalue weighted by atomic mass is 19.1. The Bertz CT molecular complexity index is 256. The molecule has 0 saturated heterocycles. The van der Waals surface area contributed by atoms with E-state index < -0.39 is 11.6 Å². The second kappa shape index (κ2) is 3.65. The fourth-order valence-electron chi connectivity index (χ4n) is 1.13. The molecule has 66 valence electrons. The first-order chi connectivity index (χ1) is 5.65. The summed E-state index contributed by atoms with van der Waals surface area (Å²) in [6.45, 7) is 3.43. The van der Waals surface area contributed by atoms with Crippen molar-refractivity contribution in [3.05, 3.63) is 34.9 Å². The molecule has 1 aromatic carbocycles. The lowest BCUT2D eigenvalue weighted by Crippen LogP contribution is -1.93. The van der Waals surface area contributed by atoms with Crippen LogP contribution in [-0.4, -0.2) is 0 Å². The molecule has 1 aromatic rings. The Morgan fingerprint density at radius 1 is 1.17 bits per heavy atom. The maximum absolute atomic E-state index is 12.9. The molecule has 0 fully saturated rings. The van der Waals surface area contributed by atoms with Gasteiger partial charge >= 0.3 is 0 Å². The highest BCUT2D eigenvalue weighted by Crippen LogP contribution is 2.15. The number of hydrogen-bond donors (Lipinski definition) is 0. The van der Waals surface area contributed by atoms with Crippen molar-refractivity contribution >= 4 is 0 Å². The van der Waals surface area contributed by atoms with Crippen molar-refractivity contribution in [2.75, 3.05) is 0 Å². The molecule has 0 unspecified atom stereocenters. The van der Waals surface area contributed by atoms with Gasteiger partial charge in [0.1, 0.15) is 11.6 Å². The minimum Gasteiger partial charge on any atom is -0.207 e. The molecule has 0 radical (unpaired) electrons. The Hall–Kier alpha value is -0.920. The monoisotopic (exact) mass is 170 g/mol. The maximum atomic E-state index is 12.9. The van der Waals surface area contributed by atoms with Gasteiger partial charge in [-0.05, 0) is 31.0 Å². The highest BCUT2D eigenvalue weighted by Gasteiger charge is 2.05. The summed E-state index contributed by atoms with van der Waals surface area (Å²) in [5, 5.41) is 0. The summed E-state index contributed by atoms with van der Waals surface area (Å²) < 4.78 is 25.8. The van der Waals surface area contributed by atoms with Crippen molar-refractivity contribution in [1.82, 2.24) is 0 Å². The summed E-state index contributed by atoms with van der Waals surface area (Å²) in [6.07, 6.45) is 1.63. The Morgan fingerprint density at radius 2 is 1.67 bits per heavy atom. The predicted molar refractivity (Wildman–Crippen MR) is 45.1 cm³/mol. The lowest BCUT2D eigenvalue weighted by atomic mass is 10.1. The zero-order valence-electron chi connectivity index (χ0n) is 7.32. The second-order valence-corrected chi connectivity index (χ2v) is 2.93. The molecule has 0 aliphatic carbocycles. The van der Waals surface area contributed by atoms with Gasteiger partial charge in [0.05, 0.1) is 0 Å². The highest BCUT2D eigenvalue weighted by molar-refractivity contribution is 5.25. The molecule has 0 heterocycles. The Labute approximate surface area is 71.2 Å². The van der Waals surface area contributed by atoms with Gasteiger partial charge in [0, 0.05) is 5.56 Å². The fraction of sp³-hybridized carbons (Fsp3) is 0.400. The van der Waals surface area contributed by atoms with E-state index in [0.717, 1.165) is 18.4 Å². The smallest absolute Gasteiger partial charge is 0.129 e.